The third-order valence-corrected chi connectivity index (χ3v) is 7.00. The van der Waals surface area contributed by atoms with E-state index in [1.165, 1.54) is 18.1 Å². The minimum absolute atomic E-state index is 0.104. The number of methoxy groups -OCH3 is 1. The molecule has 0 spiro atoms. The number of Topliss-reactive ketones (excluding diaryl/α,β-unsaturated/α-hetero) is 1. The Labute approximate surface area is 240 Å². The summed E-state index contributed by atoms with van der Waals surface area (Å²) in [6.45, 7) is 12.5. The number of phenols is 1. The molecule has 41 heavy (non-hydrogen) atoms. The fraction of sp³-hybridized carbons (Fsp3) is 0.333. The fourth-order valence-electron chi connectivity index (χ4n) is 5.05. The van der Waals surface area contributed by atoms with Gasteiger partial charge in [0.15, 0.2) is 11.5 Å². The highest BCUT2D eigenvalue weighted by Crippen LogP contribution is 2.47. The molecule has 8 heteroatoms. The molecule has 3 aromatic rings. The molecule has 1 unspecified atom stereocenters. The molecule has 3 aromatic carbocycles. The molecule has 4 rings (SSSR count). The van der Waals surface area contributed by atoms with Crippen molar-refractivity contribution in [1.29, 1.82) is 0 Å². The van der Waals surface area contributed by atoms with E-state index in [0.717, 1.165) is 11.1 Å². The number of carbonyl (C=O) groups is 2. The molecule has 1 amide bonds. The van der Waals surface area contributed by atoms with E-state index in [4.69, 9.17) is 14.2 Å². The molecule has 0 aliphatic carbocycles. The van der Waals surface area contributed by atoms with Crippen molar-refractivity contribution in [2.24, 2.45) is 0 Å². The maximum Gasteiger partial charge on any atom is 0.300 e. The lowest BCUT2D eigenvalue weighted by Gasteiger charge is -2.27. The molecule has 216 valence electrons. The minimum atomic E-state index is -1.06. The zero-order valence-electron chi connectivity index (χ0n) is 24.6. The number of benzene rings is 3. The predicted molar refractivity (Wildman–Crippen MR) is 158 cm³/mol. The van der Waals surface area contributed by atoms with Crippen LogP contribution < -0.4 is 19.1 Å². The van der Waals surface area contributed by atoms with Crippen molar-refractivity contribution in [3.63, 3.8) is 0 Å². The van der Waals surface area contributed by atoms with Crippen molar-refractivity contribution < 1.29 is 34.0 Å². The number of amides is 1. The summed E-state index contributed by atoms with van der Waals surface area (Å²) in [5, 5.41) is 22.5. The number of aromatic hydroxyl groups is 1. The van der Waals surface area contributed by atoms with Gasteiger partial charge in [-0.3, -0.25) is 14.5 Å². The topological polar surface area (TPSA) is 106 Å². The number of aryl methyl sites for hydroxylation is 1. The number of hydrogen-bond acceptors (Lipinski definition) is 7. The zero-order chi connectivity index (χ0) is 30.1. The van der Waals surface area contributed by atoms with Gasteiger partial charge in [-0.25, -0.2) is 0 Å². The molecule has 1 aliphatic rings. The van der Waals surface area contributed by atoms with E-state index in [-0.39, 0.29) is 28.2 Å². The maximum atomic E-state index is 13.7. The molecule has 2 N–H and O–H groups in total. The van der Waals surface area contributed by atoms with E-state index in [0.29, 0.717) is 41.6 Å². The van der Waals surface area contributed by atoms with Crippen LogP contribution in [0.5, 0.6) is 23.0 Å². The summed E-state index contributed by atoms with van der Waals surface area (Å²) >= 11 is 0. The average molecular weight is 560 g/mol. The second kappa shape index (κ2) is 11.6. The zero-order valence-corrected chi connectivity index (χ0v) is 24.6. The summed E-state index contributed by atoms with van der Waals surface area (Å²) in [6.07, 6.45) is 0. The van der Waals surface area contributed by atoms with Gasteiger partial charge in [0.2, 0.25) is 0 Å². The quantitative estimate of drug-likeness (QED) is 0.186. The maximum absolute atomic E-state index is 13.7. The number of hydrogen-bond donors (Lipinski definition) is 2. The SMILES string of the molecule is CCOc1cc(C2/C(=C(\O)c3ccc(OCC)c(C(C)(C)C)c3)C(=O)C(=O)N2c2cc(C)ccc2O)ccc1OC. The monoisotopic (exact) mass is 559 g/mol. The molecule has 1 saturated heterocycles. The van der Waals surface area contributed by atoms with E-state index in [1.807, 2.05) is 41.5 Å². The van der Waals surface area contributed by atoms with E-state index < -0.39 is 17.7 Å². The first kappa shape index (κ1) is 29.5. The van der Waals surface area contributed by atoms with Crippen molar-refractivity contribution in [3.8, 4) is 23.0 Å². The molecule has 0 aromatic heterocycles. The van der Waals surface area contributed by atoms with Crippen LogP contribution in [0.15, 0.2) is 60.2 Å². The summed E-state index contributed by atoms with van der Waals surface area (Å²) in [5.41, 5.74) is 2.21. The number of anilines is 1. The number of rotatable bonds is 8. The van der Waals surface area contributed by atoms with E-state index in [1.54, 1.807) is 48.5 Å². The Morgan fingerprint density at radius 1 is 0.902 bits per heavy atom. The summed E-state index contributed by atoms with van der Waals surface area (Å²) in [6, 6.07) is 14.1. The highest BCUT2D eigenvalue weighted by atomic mass is 16.5. The van der Waals surface area contributed by atoms with Crippen molar-refractivity contribution >= 4 is 23.1 Å². The van der Waals surface area contributed by atoms with Crippen LogP contribution in [0.4, 0.5) is 5.69 Å². The minimum Gasteiger partial charge on any atom is -0.507 e. The highest BCUT2D eigenvalue weighted by molar-refractivity contribution is 6.52. The van der Waals surface area contributed by atoms with Gasteiger partial charge in [0, 0.05) is 11.1 Å². The summed E-state index contributed by atoms with van der Waals surface area (Å²) in [4.78, 5) is 28.6. The van der Waals surface area contributed by atoms with E-state index in [9.17, 15) is 19.8 Å². The van der Waals surface area contributed by atoms with Crippen LogP contribution in [0, 0.1) is 6.92 Å². The van der Waals surface area contributed by atoms with Crippen LogP contribution in [0.1, 0.15) is 62.9 Å². The number of nitrogens with zero attached hydrogens (tertiary/aromatic N) is 1. The van der Waals surface area contributed by atoms with Gasteiger partial charge < -0.3 is 24.4 Å². The van der Waals surface area contributed by atoms with Crippen molar-refractivity contribution in [2.75, 3.05) is 25.2 Å². The van der Waals surface area contributed by atoms with Gasteiger partial charge in [0.1, 0.15) is 17.3 Å². The Hall–Kier alpha value is -4.46. The van der Waals surface area contributed by atoms with Crippen LogP contribution in [0.3, 0.4) is 0 Å². The van der Waals surface area contributed by atoms with Crippen LogP contribution in [0.25, 0.3) is 5.76 Å². The van der Waals surface area contributed by atoms with Gasteiger partial charge in [-0.2, -0.15) is 0 Å². The molecule has 0 bridgehead atoms. The molecule has 0 radical (unpaired) electrons. The van der Waals surface area contributed by atoms with Gasteiger partial charge in [-0.05, 0) is 79.8 Å². The number of aliphatic hydroxyl groups is 1. The first-order valence-corrected chi connectivity index (χ1v) is 13.6. The highest BCUT2D eigenvalue weighted by Gasteiger charge is 2.48. The van der Waals surface area contributed by atoms with E-state index >= 15 is 0 Å². The van der Waals surface area contributed by atoms with Gasteiger partial charge in [0.25, 0.3) is 11.7 Å². The molecule has 1 atom stereocenters. The Kier molecular flexibility index (Phi) is 8.33. The summed E-state index contributed by atoms with van der Waals surface area (Å²) in [5.74, 6) is -0.659. The Morgan fingerprint density at radius 2 is 1.56 bits per heavy atom. The lowest BCUT2D eigenvalue weighted by Crippen LogP contribution is -2.29. The van der Waals surface area contributed by atoms with Gasteiger partial charge >= 0.3 is 0 Å². The number of ketones is 1. The predicted octanol–water partition coefficient (Wildman–Crippen LogP) is 6.43. The molecule has 1 fully saturated rings. The Bertz CT molecular complexity index is 1520. The summed E-state index contributed by atoms with van der Waals surface area (Å²) < 4.78 is 17.0. The molecule has 0 saturated carbocycles. The molecule has 1 heterocycles. The van der Waals surface area contributed by atoms with Crippen molar-refractivity contribution in [2.45, 2.75) is 53.0 Å². The van der Waals surface area contributed by atoms with Crippen molar-refractivity contribution in [1.82, 2.24) is 0 Å². The first-order valence-electron chi connectivity index (χ1n) is 13.6. The van der Waals surface area contributed by atoms with Crippen molar-refractivity contribution in [3.05, 3.63) is 82.4 Å². The second-order valence-corrected chi connectivity index (χ2v) is 10.9. The van der Waals surface area contributed by atoms with Crippen LogP contribution >= 0.6 is 0 Å². The Morgan fingerprint density at radius 3 is 2.20 bits per heavy atom. The summed E-state index contributed by atoms with van der Waals surface area (Å²) in [7, 11) is 1.52. The fourth-order valence-corrected chi connectivity index (χ4v) is 5.05. The second-order valence-electron chi connectivity index (χ2n) is 10.9. The largest absolute Gasteiger partial charge is 0.507 e. The average Bonchev–Trinajstić information content (AvgIpc) is 3.19. The normalized spacial score (nSPS) is 16.7. The molecule has 8 nitrogen and oxygen atoms in total. The number of carbonyl (C=O) groups excluding carboxylic acids is 2. The number of aliphatic hydroxyl groups excluding tert-OH is 1. The van der Waals surface area contributed by atoms with Crippen LogP contribution in [-0.2, 0) is 15.0 Å². The molecular weight excluding hydrogens is 522 g/mol. The molecular formula is C33H37NO7. The third-order valence-electron chi connectivity index (χ3n) is 7.00. The smallest absolute Gasteiger partial charge is 0.300 e. The standard InChI is InChI=1S/C33H37NO7/c1-8-40-25-14-12-21(17-22(25)33(4,5)6)30(36)28-29(20-11-15-26(39-7)27(18-20)41-9-2)34(32(38)31(28)37)23-16-19(3)10-13-24(23)35/h10-18,29,35-36H,8-9H2,1-7H3/b30-28+. The lowest BCUT2D eigenvalue weighted by atomic mass is 9.84. The van der Waals surface area contributed by atoms with Gasteiger partial charge in [-0.1, -0.05) is 32.9 Å². The van der Waals surface area contributed by atoms with Crippen LogP contribution in [-0.4, -0.2) is 42.2 Å². The number of ether oxygens (including phenoxy) is 3. The lowest BCUT2D eigenvalue weighted by molar-refractivity contribution is -0.132. The third kappa shape index (κ3) is 5.59. The molecule has 1 aliphatic heterocycles. The van der Waals surface area contributed by atoms with Crippen LogP contribution in [0.2, 0.25) is 0 Å². The van der Waals surface area contributed by atoms with Gasteiger partial charge in [-0.15, -0.1) is 0 Å². The first-order chi connectivity index (χ1) is 19.4. The Balaban J connectivity index is 2.01. The number of phenolic OH excluding ortho intramolecular Hbond substituents is 1. The van der Waals surface area contributed by atoms with Gasteiger partial charge in [0.05, 0.1) is 37.6 Å². The van der Waals surface area contributed by atoms with E-state index in [2.05, 4.69) is 0 Å².